The van der Waals surface area contributed by atoms with Crippen molar-refractivity contribution in [3.8, 4) is 0 Å². The fraction of sp³-hybridized carbons (Fsp3) is 0.750. The van der Waals surface area contributed by atoms with E-state index in [0.29, 0.717) is 0 Å². The summed E-state index contributed by atoms with van der Waals surface area (Å²) in [5.41, 5.74) is 4.75. The third-order valence-electron chi connectivity index (χ3n) is 2.07. The van der Waals surface area contributed by atoms with Crippen molar-refractivity contribution in [2.24, 2.45) is 11.8 Å². The van der Waals surface area contributed by atoms with E-state index in [1.165, 1.54) is 11.9 Å². The van der Waals surface area contributed by atoms with Gasteiger partial charge in [0.05, 0.1) is 7.11 Å². The molecular formula is C8H18N3O3P. The first kappa shape index (κ1) is 14.3. The molecule has 0 heterocycles. The van der Waals surface area contributed by atoms with E-state index in [1.54, 1.807) is 20.9 Å². The molecule has 2 N–H and O–H groups in total. The second-order valence-corrected chi connectivity index (χ2v) is 4.11. The predicted octanol–water partition coefficient (Wildman–Crippen LogP) is -0.311. The molecule has 15 heavy (non-hydrogen) atoms. The number of carbonyl (C=O) groups is 2. The number of rotatable bonds is 5. The second-order valence-electron chi connectivity index (χ2n) is 3.33. The number of carbonyl (C=O) groups excluding carboxylic acids is 2. The van der Waals surface area contributed by atoms with E-state index in [9.17, 15) is 9.59 Å². The quantitative estimate of drug-likeness (QED) is 0.506. The average molecular weight is 235 g/mol. The number of hydrogen-bond acceptors (Lipinski definition) is 4. The molecule has 0 fully saturated rings. The number of hydroxylamine groups is 1. The van der Waals surface area contributed by atoms with Crippen LogP contribution < -0.4 is 10.9 Å². The topological polar surface area (TPSA) is 70.7 Å². The lowest BCUT2D eigenvalue weighted by Gasteiger charge is -2.20. The molecule has 0 spiro atoms. The van der Waals surface area contributed by atoms with Crippen LogP contribution in [0.15, 0.2) is 0 Å². The van der Waals surface area contributed by atoms with Crippen molar-refractivity contribution in [3.05, 3.63) is 0 Å². The first-order valence-corrected chi connectivity index (χ1v) is 5.03. The minimum absolute atomic E-state index is 0.216. The molecular weight excluding hydrogens is 217 g/mol. The molecule has 0 aliphatic rings. The van der Waals surface area contributed by atoms with E-state index in [4.69, 9.17) is 0 Å². The van der Waals surface area contributed by atoms with Crippen LogP contribution in [0.4, 0.5) is 0 Å². The van der Waals surface area contributed by atoms with Gasteiger partial charge in [-0.15, -0.1) is 0 Å². The lowest BCUT2D eigenvalue weighted by atomic mass is 9.95. The molecule has 88 valence electrons. The molecule has 2 amide bonds. The molecule has 0 aliphatic carbocycles. The van der Waals surface area contributed by atoms with Crippen LogP contribution in [0.3, 0.4) is 0 Å². The molecule has 0 aromatic heterocycles. The summed E-state index contributed by atoms with van der Waals surface area (Å²) in [5.74, 6) is -1.41. The van der Waals surface area contributed by atoms with Gasteiger partial charge in [-0.25, -0.2) is 10.3 Å². The minimum Gasteiger partial charge on any atom is -0.286 e. The van der Waals surface area contributed by atoms with Crippen LogP contribution in [0, 0.1) is 11.8 Å². The average Bonchev–Trinajstić information content (AvgIpc) is 2.14. The number of nitrogens with one attached hydrogen (secondary N) is 2. The largest absolute Gasteiger partial charge is 0.286 e. The molecule has 0 rings (SSSR count). The van der Waals surface area contributed by atoms with Crippen molar-refractivity contribution in [2.45, 2.75) is 13.8 Å². The van der Waals surface area contributed by atoms with Crippen molar-refractivity contribution in [2.75, 3.05) is 14.2 Å². The van der Waals surface area contributed by atoms with Crippen LogP contribution in [-0.2, 0) is 14.4 Å². The molecule has 3 unspecified atom stereocenters. The maximum absolute atomic E-state index is 11.5. The highest BCUT2D eigenvalue weighted by Gasteiger charge is 2.26. The van der Waals surface area contributed by atoms with Gasteiger partial charge >= 0.3 is 0 Å². The summed E-state index contributed by atoms with van der Waals surface area (Å²) in [6, 6.07) is 0. The van der Waals surface area contributed by atoms with E-state index >= 15 is 0 Å². The Balaban J connectivity index is 4.24. The van der Waals surface area contributed by atoms with E-state index < -0.39 is 11.8 Å². The van der Waals surface area contributed by atoms with Gasteiger partial charge in [0.25, 0.3) is 0 Å². The predicted molar refractivity (Wildman–Crippen MR) is 59.1 cm³/mol. The van der Waals surface area contributed by atoms with Gasteiger partial charge in [0.15, 0.2) is 0 Å². The van der Waals surface area contributed by atoms with Crippen molar-refractivity contribution >= 4 is 21.2 Å². The highest BCUT2D eigenvalue weighted by atomic mass is 31.0. The molecule has 0 aromatic carbocycles. The van der Waals surface area contributed by atoms with Crippen LogP contribution in [-0.4, -0.2) is 30.8 Å². The molecule has 0 radical (unpaired) electrons. The third kappa shape index (κ3) is 5.06. The smallest absolute Gasteiger partial charge is 0.247 e. The molecule has 3 atom stereocenters. The Bertz CT molecular complexity index is 235. The van der Waals surface area contributed by atoms with E-state index in [0.717, 1.165) is 0 Å². The summed E-state index contributed by atoms with van der Waals surface area (Å²) < 4.78 is 1.46. The Morgan fingerprint density at radius 2 is 1.73 bits per heavy atom. The standard InChI is InChI=1S/C8H18N3O3P/c1-5(7(12)9-11(3)15)6(2)8(13)10-14-4/h5-6H,15H2,1-4H3,(H,9,12)(H,10,13). The summed E-state index contributed by atoms with van der Waals surface area (Å²) >= 11 is 0. The summed E-state index contributed by atoms with van der Waals surface area (Å²) in [6.07, 6.45) is 0. The minimum atomic E-state index is -0.449. The van der Waals surface area contributed by atoms with Gasteiger partial charge in [0.2, 0.25) is 11.8 Å². The zero-order valence-corrected chi connectivity index (χ0v) is 10.6. The highest BCUT2D eigenvalue weighted by Crippen LogP contribution is 2.11. The Morgan fingerprint density at radius 1 is 1.27 bits per heavy atom. The summed E-state index contributed by atoms with van der Waals surface area (Å²) in [6.45, 7) is 3.35. The Hall–Kier alpha value is -0.710. The van der Waals surface area contributed by atoms with Crippen molar-refractivity contribution in [1.29, 1.82) is 0 Å². The van der Waals surface area contributed by atoms with Gasteiger partial charge in [-0.1, -0.05) is 13.8 Å². The maximum atomic E-state index is 11.5. The van der Waals surface area contributed by atoms with Gasteiger partial charge in [0, 0.05) is 18.9 Å². The van der Waals surface area contributed by atoms with Gasteiger partial charge in [-0.2, -0.15) is 0 Å². The maximum Gasteiger partial charge on any atom is 0.247 e. The fourth-order valence-electron chi connectivity index (χ4n) is 0.923. The monoisotopic (exact) mass is 235 g/mol. The normalized spacial score (nSPS) is 14.5. The number of nitrogens with zero attached hydrogens (tertiary/aromatic N) is 1. The van der Waals surface area contributed by atoms with Crippen LogP contribution in [0.5, 0.6) is 0 Å². The SMILES string of the molecule is CONC(=O)C(C)C(C)C(=O)NN(C)P. The molecule has 0 saturated heterocycles. The summed E-state index contributed by atoms with van der Waals surface area (Å²) in [4.78, 5) is 27.3. The van der Waals surface area contributed by atoms with Crippen LogP contribution >= 0.6 is 9.39 Å². The van der Waals surface area contributed by atoms with E-state index in [1.807, 2.05) is 0 Å². The van der Waals surface area contributed by atoms with Crippen molar-refractivity contribution in [1.82, 2.24) is 15.7 Å². The molecule has 0 aromatic rings. The zero-order chi connectivity index (χ0) is 12.0. The number of amides is 2. The molecule has 0 aliphatic heterocycles. The summed E-state index contributed by atoms with van der Waals surface area (Å²) in [7, 11) is 5.33. The van der Waals surface area contributed by atoms with Gasteiger partial charge in [0.1, 0.15) is 0 Å². The first-order valence-electron chi connectivity index (χ1n) is 4.52. The Labute approximate surface area is 91.9 Å². The van der Waals surface area contributed by atoms with Crippen LogP contribution in [0.2, 0.25) is 0 Å². The fourth-order valence-corrected chi connectivity index (χ4v) is 1.05. The van der Waals surface area contributed by atoms with E-state index in [2.05, 4.69) is 25.1 Å². The Kier molecular flexibility index (Phi) is 6.40. The molecule has 6 nitrogen and oxygen atoms in total. The summed E-state index contributed by atoms with van der Waals surface area (Å²) in [5, 5.41) is 0. The highest BCUT2D eigenvalue weighted by molar-refractivity contribution is 7.13. The molecule has 0 bridgehead atoms. The van der Waals surface area contributed by atoms with Crippen molar-refractivity contribution in [3.63, 3.8) is 0 Å². The Morgan fingerprint density at radius 3 is 2.13 bits per heavy atom. The van der Waals surface area contributed by atoms with Gasteiger partial charge in [-0.3, -0.25) is 19.9 Å². The second kappa shape index (κ2) is 6.71. The van der Waals surface area contributed by atoms with Gasteiger partial charge < -0.3 is 0 Å². The van der Waals surface area contributed by atoms with Crippen molar-refractivity contribution < 1.29 is 14.4 Å². The van der Waals surface area contributed by atoms with E-state index in [-0.39, 0.29) is 11.8 Å². The number of hydrogen-bond donors (Lipinski definition) is 2. The molecule has 0 saturated carbocycles. The van der Waals surface area contributed by atoms with Crippen LogP contribution in [0.1, 0.15) is 13.8 Å². The molecule has 7 heteroatoms. The number of hydrazine groups is 1. The zero-order valence-electron chi connectivity index (χ0n) is 9.40. The lowest BCUT2D eigenvalue weighted by Crippen LogP contribution is -2.42. The van der Waals surface area contributed by atoms with Gasteiger partial charge in [-0.05, 0) is 9.39 Å². The third-order valence-corrected chi connectivity index (χ3v) is 2.20. The first-order chi connectivity index (χ1) is 6.90. The lowest BCUT2D eigenvalue weighted by molar-refractivity contribution is -0.141. The van der Waals surface area contributed by atoms with Crippen LogP contribution in [0.25, 0.3) is 0 Å².